The van der Waals surface area contributed by atoms with Crippen LogP contribution in [0, 0.1) is 0 Å². The average molecular weight is 1350 g/mol. The first-order valence-corrected chi connectivity index (χ1v) is 30.5. The van der Waals surface area contributed by atoms with Crippen molar-refractivity contribution < 1.29 is 62.6 Å². The number of carbonyl (C=O) groups excluding carboxylic acids is 11. The molecule has 0 aliphatic heterocycles. The van der Waals surface area contributed by atoms with E-state index in [0.717, 1.165) is 13.0 Å². The van der Waals surface area contributed by atoms with E-state index in [4.69, 9.17) is 5.11 Å². The molecule has 36 nitrogen and oxygen atoms in total. The van der Waals surface area contributed by atoms with E-state index in [2.05, 4.69) is 73.4 Å². The third-order valence-electron chi connectivity index (χ3n) is 15.0. The first kappa shape index (κ1) is 71.5. The van der Waals surface area contributed by atoms with E-state index in [-0.39, 0.29) is 131 Å². The summed E-state index contributed by atoms with van der Waals surface area (Å²) in [6.07, 6.45) is 12.6. The Labute approximate surface area is 559 Å². The molecule has 11 amide bonds. The Kier molecular flexibility index (Phi) is 22.8. The molecule has 0 aliphatic rings. The molecule has 8 aromatic heterocycles. The first-order valence-electron chi connectivity index (χ1n) is 30.5. The minimum Gasteiger partial charge on any atom is -0.481 e. The van der Waals surface area contributed by atoms with Gasteiger partial charge in [0.15, 0.2) is 17.5 Å². The number of nitrogens with one attached hydrogen (secondary N) is 11. The van der Waals surface area contributed by atoms with Gasteiger partial charge in [-0.1, -0.05) is 0 Å². The van der Waals surface area contributed by atoms with E-state index in [1.165, 1.54) is 124 Å². The van der Waals surface area contributed by atoms with Crippen LogP contribution in [0.3, 0.4) is 0 Å². The lowest BCUT2D eigenvalue weighted by Crippen LogP contribution is -2.45. The second-order valence-electron chi connectivity index (χ2n) is 23.4. The van der Waals surface area contributed by atoms with Crippen LogP contribution in [0.25, 0.3) is 0 Å². The van der Waals surface area contributed by atoms with Crippen LogP contribution in [0.15, 0.2) is 79.9 Å². The van der Waals surface area contributed by atoms with Gasteiger partial charge in [-0.3, -0.25) is 57.5 Å². The van der Waals surface area contributed by atoms with Gasteiger partial charge in [0.25, 0.3) is 47.3 Å². The third kappa shape index (κ3) is 18.5. The highest BCUT2D eigenvalue weighted by atomic mass is 16.4. The summed E-state index contributed by atoms with van der Waals surface area (Å²) in [5, 5.41) is 38.7. The monoisotopic (exact) mass is 1350 g/mol. The SMILES string of the molecule is CC(=O)Nc1cc(C(=O)Nc2cn(C)c(C(=O)Nc3cc(C(=O)Nc4cc(C(=O)NCC[C@@H](NC(=O)CCCCC(=O)O)C(=O)Nc5cn(C)c(C(=O)Nc6cc(C(=O)Nc7cc(C(=O)Nc8cn(C)c(C(=O)NCCCN(C)C)n8)n(C)c7)n(C)c6)n5)n(C)c4)n(C)c3)n2)n(C)c1. The summed E-state index contributed by atoms with van der Waals surface area (Å²) >= 11 is 0. The summed E-state index contributed by atoms with van der Waals surface area (Å²) < 4.78 is 11.6. The van der Waals surface area contributed by atoms with Crippen molar-refractivity contribution in [2.24, 2.45) is 56.4 Å². The molecule has 0 radical (unpaired) electrons. The number of unbranched alkanes of at least 4 members (excludes halogenated alkanes) is 1. The van der Waals surface area contributed by atoms with Crippen molar-refractivity contribution in [3.8, 4) is 0 Å². The number of imidazole rings is 3. The summed E-state index contributed by atoms with van der Waals surface area (Å²) in [5.74, 6) is -7.37. The van der Waals surface area contributed by atoms with Crippen LogP contribution in [-0.4, -0.2) is 172 Å². The second-order valence-corrected chi connectivity index (χ2v) is 23.4. The molecule has 0 saturated carbocycles. The minimum absolute atomic E-state index is 0.0675. The molecule has 0 bridgehead atoms. The number of carboxylic acid groups (broad SMARTS) is 1. The Hall–Kier alpha value is -12.4. The zero-order valence-electron chi connectivity index (χ0n) is 55.7. The van der Waals surface area contributed by atoms with Crippen molar-refractivity contribution in [2.75, 3.05) is 76.3 Å². The van der Waals surface area contributed by atoms with Crippen LogP contribution in [0.1, 0.15) is 130 Å². The van der Waals surface area contributed by atoms with E-state index in [1.54, 1.807) is 55.5 Å². The van der Waals surface area contributed by atoms with E-state index in [9.17, 15) is 57.5 Å². The van der Waals surface area contributed by atoms with Crippen molar-refractivity contribution in [1.29, 1.82) is 0 Å². The Morgan fingerprint density at radius 1 is 0.408 bits per heavy atom. The van der Waals surface area contributed by atoms with Crippen molar-refractivity contribution in [2.45, 2.75) is 51.5 Å². The lowest BCUT2D eigenvalue weighted by molar-refractivity contribution is -0.137. The summed E-state index contributed by atoms with van der Waals surface area (Å²) in [6.45, 7) is 2.41. The van der Waals surface area contributed by atoms with Crippen LogP contribution in [0.5, 0.6) is 0 Å². The summed E-state index contributed by atoms with van der Waals surface area (Å²) in [5.41, 5.74) is 2.07. The number of nitrogens with zero attached hydrogens (tertiary/aromatic N) is 12. The quantitative estimate of drug-likeness (QED) is 0.0288. The van der Waals surface area contributed by atoms with Gasteiger partial charge in [-0.05, 0) is 76.7 Å². The lowest BCUT2D eigenvalue weighted by Gasteiger charge is -2.18. The average Bonchev–Trinajstić information content (AvgIpc) is 1.69. The van der Waals surface area contributed by atoms with E-state index < -0.39 is 71.1 Å². The first-order chi connectivity index (χ1) is 46.4. The molecule has 8 aromatic rings. The maximum absolute atomic E-state index is 13.9. The molecule has 1 atom stereocenters. The maximum Gasteiger partial charge on any atom is 0.303 e. The summed E-state index contributed by atoms with van der Waals surface area (Å²) in [7, 11) is 16.5. The Morgan fingerprint density at radius 3 is 1.15 bits per heavy atom. The van der Waals surface area contributed by atoms with Gasteiger partial charge in [0, 0.05) is 139 Å². The standard InChI is InChI=1S/C62H77N23O13/c1-34(86)65-35-21-44(79(5)26-35)58(94)76-48-33-85(11)53(73-48)62(98)69-39-24-42(80(6)30-39)56(92)66-36-22-41(78(4)27-36)55(91)64-19-17-40(70-49(87)15-12-13-16-50(88)89)54(90)74-46-31-84(10)52(72-46)61(97)68-38-25-43(81(7)29-38)57(93)67-37-23-45(82(8)28-37)59(95)75-47-32-83(9)51(71-47)60(96)63-18-14-20-77(2)3/h21-33,40H,12-20H2,1-11H3,(H,63,96)(H,64,91)(H,65,86)(H,66,92)(H,67,93)(H,68,97)(H,69,98)(H,70,87)(H,74,90)(H,75,95)(H,76,94)(H,88,89)/t40-/m1/s1. The van der Waals surface area contributed by atoms with Gasteiger partial charge in [-0.15, -0.1) is 0 Å². The third-order valence-corrected chi connectivity index (χ3v) is 15.0. The number of amides is 11. The largest absolute Gasteiger partial charge is 0.481 e. The number of aryl methyl sites for hydroxylation is 8. The Bertz CT molecular complexity index is 4410. The van der Waals surface area contributed by atoms with Gasteiger partial charge < -0.3 is 105 Å². The molecule has 0 aliphatic carbocycles. The van der Waals surface area contributed by atoms with Crippen LogP contribution < -0.4 is 58.5 Å². The van der Waals surface area contributed by atoms with Crippen molar-refractivity contribution >= 4 is 117 Å². The van der Waals surface area contributed by atoms with E-state index in [0.29, 0.717) is 12.2 Å². The summed E-state index contributed by atoms with van der Waals surface area (Å²) in [4.78, 5) is 172. The minimum atomic E-state index is -1.29. The van der Waals surface area contributed by atoms with Crippen molar-refractivity contribution in [3.05, 3.63) is 126 Å². The molecular formula is C62H77N23O13. The zero-order chi connectivity index (χ0) is 71.4. The summed E-state index contributed by atoms with van der Waals surface area (Å²) in [6, 6.07) is 5.90. The van der Waals surface area contributed by atoms with Gasteiger partial charge in [0.1, 0.15) is 34.5 Å². The van der Waals surface area contributed by atoms with Crippen LogP contribution in [0.2, 0.25) is 0 Å². The smallest absolute Gasteiger partial charge is 0.303 e. The maximum atomic E-state index is 13.9. The molecule has 0 spiro atoms. The molecule has 0 aromatic carbocycles. The molecule has 12 N–H and O–H groups in total. The normalized spacial score (nSPS) is 11.3. The number of carboxylic acids is 1. The van der Waals surface area contributed by atoms with Crippen LogP contribution in [-0.2, 0) is 75.6 Å². The molecule has 8 rings (SSSR count). The number of aliphatic carboxylic acids is 1. The van der Waals surface area contributed by atoms with Gasteiger partial charge in [0.2, 0.25) is 35.2 Å². The highest BCUT2D eigenvalue weighted by molar-refractivity contribution is 6.10. The fourth-order valence-corrected chi connectivity index (χ4v) is 10.2. The molecular weight excluding hydrogens is 1270 g/mol. The molecule has 0 fully saturated rings. The Balaban J connectivity index is 0.836. The van der Waals surface area contributed by atoms with Crippen molar-refractivity contribution in [3.63, 3.8) is 0 Å². The zero-order valence-corrected chi connectivity index (χ0v) is 55.7. The van der Waals surface area contributed by atoms with E-state index in [1.807, 2.05) is 19.0 Å². The number of hydrogen-bond acceptors (Lipinski definition) is 16. The predicted octanol–water partition coefficient (Wildman–Crippen LogP) is 2.62. The van der Waals surface area contributed by atoms with Crippen LogP contribution >= 0.6 is 0 Å². The number of carbonyl (C=O) groups is 12. The molecule has 0 unspecified atom stereocenters. The molecule has 0 saturated heterocycles. The Morgan fingerprint density at radius 2 is 0.755 bits per heavy atom. The molecule has 518 valence electrons. The molecule has 8 heterocycles. The molecule has 36 heteroatoms. The van der Waals surface area contributed by atoms with Crippen molar-refractivity contribution in [1.82, 2.24) is 72.3 Å². The number of anilines is 8. The lowest BCUT2D eigenvalue weighted by atomic mass is 10.1. The number of rotatable bonds is 30. The fraction of sp³-hybridized carbons (Fsp3) is 0.339. The van der Waals surface area contributed by atoms with Crippen LogP contribution in [0.4, 0.5) is 45.9 Å². The number of hydrogen-bond donors (Lipinski definition) is 12. The van der Waals surface area contributed by atoms with Gasteiger partial charge >= 0.3 is 5.97 Å². The predicted molar refractivity (Wildman–Crippen MR) is 358 cm³/mol. The second kappa shape index (κ2) is 31.2. The van der Waals surface area contributed by atoms with Gasteiger partial charge in [-0.2, -0.15) is 0 Å². The topological polar surface area (TPSA) is 439 Å². The molecule has 98 heavy (non-hydrogen) atoms. The highest BCUT2D eigenvalue weighted by Crippen LogP contribution is 2.23. The van der Waals surface area contributed by atoms with E-state index >= 15 is 0 Å². The fourth-order valence-electron chi connectivity index (χ4n) is 10.2. The van der Waals surface area contributed by atoms with Gasteiger partial charge in [0.05, 0.1) is 28.4 Å². The van der Waals surface area contributed by atoms with Gasteiger partial charge in [-0.25, -0.2) is 15.0 Å². The highest BCUT2D eigenvalue weighted by Gasteiger charge is 2.27. The number of aromatic nitrogens is 11.